The summed E-state index contributed by atoms with van der Waals surface area (Å²) in [5, 5.41) is 8.49. The van der Waals surface area contributed by atoms with Crippen molar-refractivity contribution < 1.29 is 4.79 Å². The number of benzene rings is 2. The van der Waals surface area contributed by atoms with Crippen molar-refractivity contribution in [2.45, 2.75) is 19.3 Å². The SMILES string of the molecule is CNCCCNC(=O)CCc1ccc2ccccc2c1. The third kappa shape index (κ3) is 4.35. The number of rotatable bonds is 7. The Balaban J connectivity index is 1.81. The molecule has 0 bridgehead atoms. The maximum Gasteiger partial charge on any atom is 0.220 e. The van der Waals surface area contributed by atoms with Crippen LogP contribution in [0, 0.1) is 0 Å². The van der Waals surface area contributed by atoms with Crippen molar-refractivity contribution in [1.82, 2.24) is 10.6 Å². The fraction of sp³-hybridized carbons (Fsp3) is 0.353. The average molecular weight is 270 g/mol. The molecule has 106 valence electrons. The zero-order valence-corrected chi connectivity index (χ0v) is 12.0. The van der Waals surface area contributed by atoms with E-state index in [1.807, 2.05) is 19.2 Å². The largest absolute Gasteiger partial charge is 0.356 e. The molecule has 2 N–H and O–H groups in total. The van der Waals surface area contributed by atoms with Crippen LogP contribution in [0.25, 0.3) is 10.8 Å². The van der Waals surface area contributed by atoms with Gasteiger partial charge in [0.15, 0.2) is 0 Å². The minimum absolute atomic E-state index is 0.134. The Kier molecular flexibility index (Phi) is 5.56. The zero-order chi connectivity index (χ0) is 14.2. The number of carbonyl (C=O) groups excluding carboxylic acids is 1. The molecule has 0 spiro atoms. The van der Waals surface area contributed by atoms with Gasteiger partial charge in [0.2, 0.25) is 5.91 Å². The third-order valence-corrected chi connectivity index (χ3v) is 3.38. The maximum absolute atomic E-state index is 11.7. The zero-order valence-electron chi connectivity index (χ0n) is 12.0. The van der Waals surface area contributed by atoms with Crippen LogP contribution in [0.5, 0.6) is 0 Å². The van der Waals surface area contributed by atoms with E-state index in [9.17, 15) is 4.79 Å². The van der Waals surface area contributed by atoms with E-state index in [-0.39, 0.29) is 5.91 Å². The molecule has 0 aliphatic heterocycles. The molecule has 0 aliphatic carbocycles. The molecule has 20 heavy (non-hydrogen) atoms. The molecule has 1 amide bonds. The van der Waals surface area contributed by atoms with Crippen molar-refractivity contribution in [3.63, 3.8) is 0 Å². The minimum Gasteiger partial charge on any atom is -0.356 e. The van der Waals surface area contributed by atoms with Gasteiger partial charge >= 0.3 is 0 Å². The number of hydrogen-bond donors (Lipinski definition) is 2. The monoisotopic (exact) mass is 270 g/mol. The summed E-state index contributed by atoms with van der Waals surface area (Å²) in [5.74, 6) is 0.134. The number of hydrogen-bond acceptors (Lipinski definition) is 2. The topological polar surface area (TPSA) is 41.1 Å². The van der Waals surface area contributed by atoms with Crippen LogP contribution in [-0.4, -0.2) is 26.0 Å². The first-order chi connectivity index (χ1) is 9.79. The lowest BCUT2D eigenvalue weighted by atomic mass is 10.0. The van der Waals surface area contributed by atoms with Gasteiger partial charge in [-0.1, -0.05) is 42.5 Å². The lowest BCUT2D eigenvalue weighted by molar-refractivity contribution is -0.121. The van der Waals surface area contributed by atoms with Crippen LogP contribution in [0.3, 0.4) is 0 Å². The first-order valence-corrected chi connectivity index (χ1v) is 7.18. The summed E-state index contributed by atoms with van der Waals surface area (Å²) in [5.41, 5.74) is 1.22. The smallest absolute Gasteiger partial charge is 0.220 e. The quantitative estimate of drug-likeness (QED) is 0.759. The molecule has 0 saturated carbocycles. The van der Waals surface area contributed by atoms with E-state index in [0.29, 0.717) is 6.42 Å². The summed E-state index contributed by atoms with van der Waals surface area (Å²) >= 11 is 0. The molecule has 0 unspecified atom stereocenters. The van der Waals surface area contributed by atoms with Crippen LogP contribution in [0.4, 0.5) is 0 Å². The summed E-state index contributed by atoms with van der Waals surface area (Å²) in [6.07, 6.45) is 2.32. The van der Waals surface area contributed by atoms with Gasteiger partial charge in [0, 0.05) is 13.0 Å². The fourth-order valence-corrected chi connectivity index (χ4v) is 2.23. The van der Waals surface area contributed by atoms with Crippen LogP contribution in [0.1, 0.15) is 18.4 Å². The highest BCUT2D eigenvalue weighted by atomic mass is 16.1. The van der Waals surface area contributed by atoms with Gasteiger partial charge in [0.25, 0.3) is 0 Å². The summed E-state index contributed by atoms with van der Waals surface area (Å²) in [7, 11) is 1.92. The van der Waals surface area contributed by atoms with Gasteiger partial charge in [-0.25, -0.2) is 0 Å². The van der Waals surface area contributed by atoms with Crippen LogP contribution in [-0.2, 0) is 11.2 Å². The van der Waals surface area contributed by atoms with Crippen molar-refractivity contribution in [1.29, 1.82) is 0 Å². The van der Waals surface area contributed by atoms with E-state index in [2.05, 4.69) is 41.0 Å². The Morgan fingerprint density at radius 1 is 1.05 bits per heavy atom. The molecular weight excluding hydrogens is 248 g/mol. The first-order valence-electron chi connectivity index (χ1n) is 7.18. The Morgan fingerprint density at radius 2 is 1.85 bits per heavy atom. The molecule has 2 aromatic rings. The third-order valence-electron chi connectivity index (χ3n) is 3.38. The Hall–Kier alpha value is -1.87. The molecule has 3 heteroatoms. The van der Waals surface area contributed by atoms with Crippen molar-refractivity contribution in [2.75, 3.05) is 20.1 Å². The van der Waals surface area contributed by atoms with Crippen LogP contribution in [0.15, 0.2) is 42.5 Å². The summed E-state index contributed by atoms with van der Waals surface area (Å²) in [6, 6.07) is 14.7. The van der Waals surface area contributed by atoms with E-state index in [1.165, 1.54) is 16.3 Å². The number of aryl methyl sites for hydroxylation is 1. The lowest BCUT2D eigenvalue weighted by Gasteiger charge is -2.06. The molecule has 0 aromatic heterocycles. The second-order valence-electron chi connectivity index (χ2n) is 4.99. The van der Waals surface area contributed by atoms with Gasteiger partial charge in [-0.2, -0.15) is 0 Å². The fourth-order valence-electron chi connectivity index (χ4n) is 2.23. The van der Waals surface area contributed by atoms with Crippen LogP contribution in [0.2, 0.25) is 0 Å². The summed E-state index contributed by atoms with van der Waals surface area (Å²) in [6.45, 7) is 1.68. The standard InChI is InChI=1S/C17H22N2O/c1-18-11-4-12-19-17(20)10-8-14-7-9-15-5-2-3-6-16(15)13-14/h2-3,5-7,9,13,18H,4,8,10-12H2,1H3,(H,19,20). The average Bonchev–Trinajstić information content (AvgIpc) is 2.49. The Bertz CT molecular complexity index is 566. The van der Waals surface area contributed by atoms with Gasteiger partial charge in [-0.3, -0.25) is 4.79 Å². The van der Waals surface area contributed by atoms with E-state index in [4.69, 9.17) is 0 Å². The van der Waals surface area contributed by atoms with E-state index >= 15 is 0 Å². The number of amides is 1. The van der Waals surface area contributed by atoms with Crippen molar-refractivity contribution in [2.24, 2.45) is 0 Å². The molecule has 0 fully saturated rings. The normalized spacial score (nSPS) is 10.7. The lowest BCUT2D eigenvalue weighted by Crippen LogP contribution is -2.26. The number of fused-ring (bicyclic) bond motifs is 1. The molecule has 0 aliphatic rings. The van der Waals surface area contributed by atoms with Gasteiger partial charge in [-0.15, -0.1) is 0 Å². The molecule has 3 nitrogen and oxygen atoms in total. The number of carbonyl (C=O) groups is 1. The second-order valence-corrected chi connectivity index (χ2v) is 4.99. The maximum atomic E-state index is 11.7. The predicted molar refractivity (Wildman–Crippen MR) is 83.8 cm³/mol. The highest BCUT2D eigenvalue weighted by Crippen LogP contribution is 2.16. The molecule has 0 atom stereocenters. The van der Waals surface area contributed by atoms with Gasteiger partial charge < -0.3 is 10.6 Å². The van der Waals surface area contributed by atoms with E-state index < -0.39 is 0 Å². The van der Waals surface area contributed by atoms with Gasteiger partial charge in [-0.05, 0) is 42.8 Å². The van der Waals surface area contributed by atoms with Crippen molar-refractivity contribution in [3.05, 3.63) is 48.0 Å². The molecule has 0 heterocycles. The summed E-state index contributed by atoms with van der Waals surface area (Å²) in [4.78, 5) is 11.7. The Labute approximate surface area is 120 Å². The van der Waals surface area contributed by atoms with Gasteiger partial charge in [0.1, 0.15) is 0 Å². The molecule has 0 radical (unpaired) electrons. The minimum atomic E-state index is 0.134. The van der Waals surface area contributed by atoms with Crippen molar-refractivity contribution >= 4 is 16.7 Å². The molecule has 2 aromatic carbocycles. The van der Waals surface area contributed by atoms with E-state index in [1.54, 1.807) is 0 Å². The summed E-state index contributed by atoms with van der Waals surface area (Å²) < 4.78 is 0. The highest BCUT2D eigenvalue weighted by Gasteiger charge is 2.02. The number of nitrogens with one attached hydrogen (secondary N) is 2. The van der Waals surface area contributed by atoms with Crippen LogP contribution >= 0.6 is 0 Å². The first kappa shape index (κ1) is 14.5. The van der Waals surface area contributed by atoms with Crippen LogP contribution < -0.4 is 10.6 Å². The molecule has 0 saturated heterocycles. The second kappa shape index (κ2) is 7.65. The molecule has 2 rings (SSSR count). The Morgan fingerprint density at radius 3 is 2.65 bits per heavy atom. The van der Waals surface area contributed by atoms with Crippen molar-refractivity contribution in [3.8, 4) is 0 Å². The van der Waals surface area contributed by atoms with Gasteiger partial charge in [0.05, 0.1) is 0 Å². The van der Waals surface area contributed by atoms with E-state index in [0.717, 1.165) is 25.9 Å². The highest BCUT2D eigenvalue weighted by molar-refractivity contribution is 5.83. The predicted octanol–water partition coefficient (Wildman–Crippen LogP) is 2.50. The molecular formula is C17H22N2O.